The third-order valence-corrected chi connectivity index (χ3v) is 2.78. The van der Waals surface area contributed by atoms with Crippen LogP contribution in [0.5, 0.6) is 0 Å². The van der Waals surface area contributed by atoms with Crippen LogP contribution in [-0.4, -0.2) is 4.43 Å². The van der Waals surface area contributed by atoms with Gasteiger partial charge in [0.1, 0.15) is 0 Å². The second kappa shape index (κ2) is 4.09. The molecule has 0 aromatic heterocycles. The molecule has 1 heteroatoms. The number of rotatable bonds is 2. The Kier molecular flexibility index (Phi) is 2.83. The van der Waals surface area contributed by atoms with E-state index < -0.39 is 0 Å². The van der Waals surface area contributed by atoms with E-state index in [0.29, 0.717) is 0 Å². The fraction of sp³-hybridized carbons (Fsp3) is 0.167. The highest BCUT2D eigenvalue weighted by molar-refractivity contribution is 14.1. The Labute approximate surface area is 92.1 Å². The fourth-order valence-corrected chi connectivity index (χ4v) is 2.19. The molecule has 0 atom stereocenters. The summed E-state index contributed by atoms with van der Waals surface area (Å²) in [6.45, 7) is 0. The fourth-order valence-electron chi connectivity index (χ4n) is 1.61. The molecule has 0 bridgehead atoms. The largest absolute Gasteiger partial charge is 0.0860 e. The molecule has 0 fully saturated rings. The van der Waals surface area contributed by atoms with E-state index in [9.17, 15) is 0 Å². The van der Waals surface area contributed by atoms with Crippen molar-refractivity contribution in [3.63, 3.8) is 0 Å². The van der Waals surface area contributed by atoms with Crippen LogP contribution in [-0.2, 0) is 6.42 Å². The second-order valence-electron chi connectivity index (χ2n) is 3.08. The molecule has 0 radical (unpaired) electrons. The minimum absolute atomic E-state index is 1.17. The molecule has 2 rings (SSSR count). The Morgan fingerprint density at radius 3 is 2.54 bits per heavy atom. The van der Waals surface area contributed by atoms with Gasteiger partial charge in [-0.3, -0.25) is 0 Å². The van der Waals surface area contributed by atoms with Gasteiger partial charge < -0.3 is 0 Å². The molecule has 66 valence electrons. The summed E-state index contributed by atoms with van der Waals surface area (Å²) in [5.74, 6) is 0. The third kappa shape index (κ3) is 1.85. The Morgan fingerprint density at radius 2 is 1.69 bits per heavy atom. The molecular formula is C12H11I. The lowest BCUT2D eigenvalue weighted by molar-refractivity contribution is 1.20. The van der Waals surface area contributed by atoms with E-state index in [1.165, 1.54) is 27.2 Å². The van der Waals surface area contributed by atoms with Gasteiger partial charge in [0.05, 0.1) is 0 Å². The van der Waals surface area contributed by atoms with Gasteiger partial charge in [-0.25, -0.2) is 0 Å². The molecule has 0 aliphatic carbocycles. The van der Waals surface area contributed by atoms with Crippen molar-refractivity contribution >= 4 is 33.4 Å². The van der Waals surface area contributed by atoms with E-state index in [1.807, 2.05) is 0 Å². The van der Waals surface area contributed by atoms with Crippen molar-refractivity contribution < 1.29 is 0 Å². The Morgan fingerprint density at radius 1 is 0.923 bits per heavy atom. The van der Waals surface area contributed by atoms with Crippen LogP contribution in [0.2, 0.25) is 0 Å². The lowest BCUT2D eigenvalue weighted by atomic mass is 10.0. The van der Waals surface area contributed by atoms with Crippen molar-refractivity contribution in [2.45, 2.75) is 6.42 Å². The molecule has 0 saturated heterocycles. The van der Waals surface area contributed by atoms with Crippen molar-refractivity contribution in [2.75, 3.05) is 4.43 Å². The number of hydrogen-bond donors (Lipinski definition) is 0. The van der Waals surface area contributed by atoms with Crippen LogP contribution in [0.25, 0.3) is 10.8 Å². The second-order valence-corrected chi connectivity index (χ2v) is 4.16. The van der Waals surface area contributed by atoms with Gasteiger partial charge in [-0.2, -0.15) is 0 Å². The summed E-state index contributed by atoms with van der Waals surface area (Å²) in [6, 6.07) is 15.1. The maximum absolute atomic E-state index is 2.42. The molecular weight excluding hydrogens is 271 g/mol. The first-order valence-electron chi connectivity index (χ1n) is 4.44. The molecule has 0 unspecified atom stereocenters. The molecule has 0 spiro atoms. The highest BCUT2D eigenvalue weighted by Crippen LogP contribution is 2.19. The number of alkyl halides is 1. The van der Waals surface area contributed by atoms with Crippen LogP contribution in [0.15, 0.2) is 42.5 Å². The van der Waals surface area contributed by atoms with Crippen molar-refractivity contribution in [2.24, 2.45) is 0 Å². The minimum Gasteiger partial charge on any atom is -0.0860 e. The summed E-state index contributed by atoms with van der Waals surface area (Å²) >= 11 is 2.42. The zero-order valence-corrected chi connectivity index (χ0v) is 9.49. The number of aryl methyl sites for hydroxylation is 1. The maximum atomic E-state index is 2.42. The van der Waals surface area contributed by atoms with Gasteiger partial charge in [-0.05, 0) is 22.8 Å². The molecule has 13 heavy (non-hydrogen) atoms. The van der Waals surface area contributed by atoms with Crippen LogP contribution in [0.1, 0.15) is 5.56 Å². The molecule has 2 aromatic rings. The monoisotopic (exact) mass is 282 g/mol. The molecule has 0 amide bonds. The smallest absolute Gasteiger partial charge is 0.00360 e. The lowest BCUT2D eigenvalue weighted by Crippen LogP contribution is -1.86. The number of benzene rings is 2. The van der Waals surface area contributed by atoms with Gasteiger partial charge in [0.2, 0.25) is 0 Å². The summed E-state index contributed by atoms with van der Waals surface area (Å²) in [5, 5.41) is 2.76. The number of hydrogen-bond acceptors (Lipinski definition) is 0. The summed E-state index contributed by atoms with van der Waals surface area (Å²) in [5.41, 5.74) is 1.47. The van der Waals surface area contributed by atoms with E-state index in [-0.39, 0.29) is 0 Å². The average molecular weight is 282 g/mol. The molecule has 0 N–H and O–H groups in total. The van der Waals surface area contributed by atoms with Crippen LogP contribution < -0.4 is 0 Å². The molecule has 0 heterocycles. The summed E-state index contributed by atoms with van der Waals surface area (Å²) in [7, 11) is 0. The first kappa shape index (κ1) is 9.00. The predicted octanol–water partition coefficient (Wildman–Crippen LogP) is 3.82. The molecule has 0 saturated carbocycles. The summed E-state index contributed by atoms with van der Waals surface area (Å²) in [4.78, 5) is 0. The van der Waals surface area contributed by atoms with Gasteiger partial charge in [0.15, 0.2) is 0 Å². The average Bonchev–Trinajstić information content (AvgIpc) is 2.19. The van der Waals surface area contributed by atoms with Gasteiger partial charge in [0, 0.05) is 4.43 Å². The Hall–Kier alpha value is -0.570. The van der Waals surface area contributed by atoms with Crippen LogP contribution >= 0.6 is 22.6 Å². The molecule has 0 aliphatic heterocycles. The predicted molar refractivity (Wildman–Crippen MR) is 66.5 cm³/mol. The molecule has 0 nitrogen and oxygen atoms in total. The summed E-state index contributed by atoms with van der Waals surface area (Å²) < 4.78 is 1.19. The zero-order valence-electron chi connectivity index (χ0n) is 7.33. The highest BCUT2D eigenvalue weighted by Gasteiger charge is 1.97. The quantitative estimate of drug-likeness (QED) is 0.580. The van der Waals surface area contributed by atoms with E-state index >= 15 is 0 Å². The minimum atomic E-state index is 1.17. The van der Waals surface area contributed by atoms with Crippen molar-refractivity contribution in [3.05, 3.63) is 48.0 Å². The normalized spacial score (nSPS) is 10.5. The standard InChI is InChI=1S/C12H11I/c13-9-8-11-6-3-5-10-4-1-2-7-12(10)11/h1-7H,8-9H2. The molecule has 0 aliphatic rings. The van der Waals surface area contributed by atoms with Crippen molar-refractivity contribution in [1.82, 2.24) is 0 Å². The zero-order chi connectivity index (χ0) is 9.10. The highest BCUT2D eigenvalue weighted by atomic mass is 127. The van der Waals surface area contributed by atoms with Gasteiger partial charge in [0.25, 0.3) is 0 Å². The Balaban J connectivity index is 2.61. The summed E-state index contributed by atoms with van der Waals surface area (Å²) in [6.07, 6.45) is 1.17. The first-order chi connectivity index (χ1) is 6.42. The Bertz CT molecular complexity index is 401. The van der Waals surface area contributed by atoms with Crippen molar-refractivity contribution in [1.29, 1.82) is 0 Å². The van der Waals surface area contributed by atoms with Gasteiger partial charge in [-0.15, -0.1) is 0 Å². The lowest BCUT2D eigenvalue weighted by Gasteiger charge is -2.03. The van der Waals surface area contributed by atoms with Crippen LogP contribution in [0, 0.1) is 0 Å². The SMILES string of the molecule is ICCc1cccc2ccccc12. The van der Waals surface area contributed by atoms with Crippen LogP contribution in [0.4, 0.5) is 0 Å². The van der Waals surface area contributed by atoms with E-state index in [4.69, 9.17) is 0 Å². The van der Waals surface area contributed by atoms with E-state index in [2.05, 4.69) is 65.1 Å². The third-order valence-electron chi connectivity index (χ3n) is 2.24. The van der Waals surface area contributed by atoms with Crippen LogP contribution in [0.3, 0.4) is 0 Å². The van der Waals surface area contributed by atoms with E-state index in [1.54, 1.807) is 0 Å². The molecule has 2 aromatic carbocycles. The van der Waals surface area contributed by atoms with E-state index in [0.717, 1.165) is 0 Å². The first-order valence-corrected chi connectivity index (χ1v) is 5.97. The number of halogens is 1. The topological polar surface area (TPSA) is 0 Å². The van der Waals surface area contributed by atoms with Gasteiger partial charge >= 0.3 is 0 Å². The maximum Gasteiger partial charge on any atom is 0.00360 e. The van der Waals surface area contributed by atoms with Crippen molar-refractivity contribution in [3.8, 4) is 0 Å². The number of fused-ring (bicyclic) bond motifs is 1. The van der Waals surface area contributed by atoms with Gasteiger partial charge in [-0.1, -0.05) is 65.1 Å².